The fraction of sp³-hybridized carbons (Fsp3) is 0.167. The molecule has 0 aliphatic carbocycles. The van der Waals surface area contributed by atoms with Crippen molar-refractivity contribution < 1.29 is 18.7 Å². The van der Waals surface area contributed by atoms with Gasteiger partial charge in [0, 0.05) is 24.2 Å². The van der Waals surface area contributed by atoms with Crippen molar-refractivity contribution in [3.05, 3.63) is 89.6 Å². The zero-order valence-electron chi connectivity index (χ0n) is 16.8. The van der Waals surface area contributed by atoms with Gasteiger partial charge in [-0.1, -0.05) is 24.3 Å². The first-order valence-electron chi connectivity index (χ1n) is 9.97. The van der Waals surface area contributed by atoms with E-state index < -0.39 is 5.82 Å². The first-order valence-corrected chi connectivity index (χ1v) is 9.97. The molecular formula is C24H20FN3O3. The number of hydrogen-bond donors (Lipinski definition) is 1. The quantitative estimate of drug-likeness (QED) is 0.513. The minimum Gasteiger partial charge on any atom is -0.454 e. The van der Waals surface area contributed by atoms with Crippen LogP contribution in [0.15, 0.2) is 66.9 Å². The number of carbonyl (C=O) groups is 1. The normalized spacial score (nSPS) is 13.4. The fourth-order valence-corrected chi connectivity index (χ4v) is 3.95. The first-order chi connectivity index (χ1) is 15.1. The predicted molar refractivity (Wildman–Crippen MR) is 114 cm³/mol. The van der Waals surface area contributed by atoms with Crippen LogP contribution >= 0.6 is 0 Å². The summed E-state index contributed by atoms with van der Waals surface area (Å²) in [6.07, 6.45) is 1.89. The number of ether oxygens (including phenoxy) is 2. The maximum absolute atomic E-state index is 14.0. The van der Waals surface area contributed by atoms with Crippen LogP contribution in [0.1, 0.15) is 29.3 Å². The van der Waals surface area contributed by atoms with Gasteiger partial charge in [-0.2, -0.15) is 0 Å². The molecule has 4 aromatic rings. The van der Waals surface area contributed by atoms with Gasteiger partial charge in [-0.25, -0.2) is 9.37 Å². The lowest BCUT2D eigenvalue weighted by atomic mass is 9.91. The molecule has 2 aromatic heterocycles. The van der Waals surface area contributed by atoms with Gasteiger partial charge in [-0.05, 0) is 48.9 Å². The Morgan fingerprint density at radius 2 is 1.97 bits per heavy atom. The van der Waals surface area contributed by atoms with Crippen LogP contribution in [0.3, 0.4) is 0 Å². The zero-order valence-corrected chi connectivity index (χ0v) is 16.8. The number of halogens is 1. The largest absolute Gasteiger partial charge is 0.454 e. The van der Waals surface area contributed by atoms with Crippen molar-refractivity contribution in [2.75, 3.05) is 12.1 Å². The van der Waals surface area contributed by atoms with Crippen molar-refractivity contribution in [2.24, 2.45) is 0 Å². The molecule has 0 bridgehead atoms. The Morgan fingerprint density at radius 3 is 2.84 bits per heavy atom. The molecule has 5 rings (SSSR count). The number of hydrogen-bond acceptors (Lipinski definition) is 4. The van der Waals surface area contributed by atoms with Crippen molar-refractivity contribution in [3.8, 4) is 11.5 Å². The second kappa shape index (κ2) is 7.75. The molecule has 2 aromatic carbocycles. The Bertz CT molecular complexity index is 1280. The van der Waals surface area contributed by atoms with Gasteiger partial charge in [-0.3, -0.25) is 4.79 Å². The van der Waals surface area contributed by atoms with E-state index in [1.165, 1.54) is 6.07 Å². The van der Waals surface area contributed by atoms with Gasteiger partial charge in [0.25, 0.3) is 0 Å². The molecule has 1 aliphatic rings. The number of amides is 1. The van der Waals surface area contributed by atoms with E-state index in [1.54, 1.807) is 24.4 Å². The molecule has 156 valence electrons. The summed E-state index contributed by atoms with van der Waals surface area (Å²) in [5.41, 5.74) is 3.72. The van der Waals surface area contributed by atoms with Gasteiger partial charge in [0.05, 0.1) is 11.4 Å². The zero-order chi connectivity index (χ0) is 21.4. The molecule has 1 atom stereocenters. The highest BCUT2D eigenvalue weighted by Crippen LogP contribution is 2.38. The number of pyridine rings is 1. The molecule has 7 heteroatoms. The van der Waals surface area contributed by atoms with E-state index in [4.69, 9.17) is 9.47 Å². The molecular weight excluding hydrogens is 397 g/mol. The average Bonchev–Trinajstić information content (AvgIpc) is 3.41. The smallest absolute Gasteiger partial charge is 0.231 e. The summed E-state index contributed by atoms with van der Waals surface area (Å²) < 4.78 is 27.0. The molecule has 1 unspecified atom stereocenters. The summed E-state index contributed by atoms with van der Waals surface area (Å²) in [6, 6.07) is 17.6. The minimum atomic E-state index is -0.471. The highest BCUT2D eigenvalue weighted by Gasteiger charge is 2.25. The maximum atomic E-state index is 14.0. The third kappa shape index (κ3) is 3.59. The van der Waals surface area contributed by atoms with Crippen LogP contribution in [0, 0.1) is 12.7 Å². The molecule has 31 heavy (non-hydrogen) atoms. The molecule has 3 heterocycles. The minimum absolute atomic E-state index is 0.107. The predicted octanol–water partition coefficient (Wildman–Crippen LogP) is 4.67. The second-order valence-electron chi connectivity index (χ2n) is 7.44. The number of aromatic nitrogens is 2. The monoisotopic (exact) mass is 417 g/mol. The van der Waals surface area contributed by atoms with Gasteiger partial charge in [0.1, 0.15) is 11.5 Å². The lowest BCUT2D eigenvalue weighted by Gasteiger charge is -2.19. The summed E-state index contributed by atoms with van der Waals surface area (Å²) in [6.45, 7) is 2.17. The number of aryl methyl sites for hydroxylation is 1. The number of rotatable bonds is 5. The van der Waals surface area contributed by atoms with Gasteiger partial charge in [-0.15, -0.1) is 0 Å². The highest BCUT2D eigenvalue weighted by atomic mass is 19.1. The van der Waals surface area contributed by atoms with E-state index in [0.717, 1.165) is 22.6 Å². The van der Waals surface area contributed by atoms with Crippen LogP contribution in [0.5, 0.6) is 11.5 Å². The number of para-hydroxylation sites is 1. The summed E-state index contributed by atoms with van der Waals surface area (Å²) >= 11 is 0. The Morgan fingerprint density at radius 1 is 1.13 bits per heavy atom. The van der Waals surface area contributed by atoms with Crippen molar-refractivity contribution in [1.29, 1.82) is 0 Å². The number of fused-ring (bicyclic) bond motifs is 2. The summed E-state index contributed by atoms with van der Waals surface area (Å²) in [5.74, 6) is 0.227. The number of nitrogens with zero attached hydrogens (tertiary/aromatic N) is 2. The first kappa shape index (κ1) is 19.1. The van der Waals surface area contributed by atoms with Crippen LogP contribution in [-0.2, 0) is 4.79 Å². The molecule has 0 fully saturated rings. The molecule has 0 saturated carbocycles. The molecule has 1 N–H and O–H groups in total. The molecule has 6 nitrogen and oxygen atoms in total. The summed E-state index contributed by atoms with van der Waals surface area (Å²) in [5, 5.41) is 2.69. The number of nitrogens with one attached hydrogen (secondary N) is 1. The second-order valence-corrected chi connectivity index (χ2v) is 7.44. The van der Waals surface area contributed by atoms with Gasteiger partial charge >= 0.3 is 0 Å². The van der Waals surface area contributed by atoms with Crippen molar-refractivity contribution in [1.82, 2.24) is 9.38 Å². The highest BCUT2D eigenvalue weighted by molar-refractivity contribution is 5.91. The molecule has 1 aliphatic heterocycles. The SMILES string of the molecule is Cc1cccc2ncc(C(CC(=O)Nc3ccccc3F)c3ccc4c(c3)OCO4)n12. The van der Waals surface area contributed by atoms with Crippen LogP contribution in [0.2, 0.25) is 0 Å². The van der Waals surface area contributed by atoms with Crippen LogP contribution in [0.25, 0.3) is 5.65 Å². The van der Waals surface area contributed by atoms with Crippen LogP contribution in [-0.4, -0.2) is 22.1 Å². The van der Waals surface area contributed by atoms with Gasteiger partial charge in [0.2, 0.25) is 12.7 Å². The van der Waals surface area contributed by atoms with E-state index in [2.05, 4.69) is 10.3 Å². The van der Waals surface area contributed by atoms with Gasteiger partial charge < -0.3 is 19.2 Å². The van der Waals surface area contributed by atoms with Crippen molar-refractivity contribution in [3.63, 3.8) is 0 Å². The van der Waals surface area contributed by atoms with Crippen LogP contribution in [0.4, 0.5) is 10.1 Å². The van der Waals surface area contributed by atoms with E-state index in [-0.39, 0.29) is 30.7 Å². The van der Waals surface area contributed by atoms with E-state index in [0.29, 0.717) is 11.5 Å². The Balaban J connectivity index is 1.54. The number of benzene rings is 2. The maximum Gasteiger partial charge on any atom is 0.231 e. The Kier molecular flexibility index (Phi) is 4.78. The summed E-state index contributed by atoms with van der Waals surface area (Å²) in [4.78, 5) is 17.5. The van der Waals surface area contributed by atoms with Crippen molar-refractivity contribution in [2.45, 2.75) is 19.3 Å². The van der Waals surface area contributed by atoms with Crippen molar-refractivity contribution >= 4 is 17.2 Å². The average molecular weight is 417 g/mol. The Labute approximate surface area is 178 Å². The lowest BCUT2D eigenvalue weighted by molar-refractivity contribution is -0.116. The topological polar surface area (TPSA) is 64.9 Å². The summed E-state index contributed by atoms with van der Waals surface area (Å²) in [7, 11) is 0. The third-order valence-electron chi connectivity index (χ3n) is 5.45. The number of imidazole rings is 1. The number of anilines is 1. The molecule has 0 radical (unpaired) electrons. The molecule has 1 amide bonds. The third-order valence-corrected chi connectivity index (χ3v) is 5.45. The fourth-order valence-electron chi connectivity index (χ4n) is 3.95. The molecule has 0 saturated heterocycles. The lowest BCUT2D eigenvalue weighted by Crippen LogP contribution is -2.18. The number of carbonyl (C=O) groups excluding carboxylic acids is 1. The van der Waals surface area contributed by atoms with E-state index >= 15 is 0 Å². The van der Waals surface area contributed by atoms with E-state index in [9.17, 15) is 9.18 Å². The Hall–Kier alpha value is -3.87. The standard InChI is InChI=1S/C24H20FN3O3/c1-15-5-4-8-23-26-13-20(28(15)23)17(16-9-10-21-22(11-16)31-14-30-21)12-24(29)27-19-7-3-2-6-18(19)25/h2-11,13,17H,12,14H2,1H3,(H,27,29). The van der Waals surface area contributed by atoms with E-state index in [1.807, 2.05) is 47.7 Å². The van der Waals surface area contributed by atoms with Crippen LogP contribution < -0.4 is 14.8 Å². The molecule has 0 spiro atoms. The van der Waals surface area contributed by atoms with Gasteiger partial charge in [0.15, 0.2) is 11.5 Å².